The second-order valence-corrected chi connectivity index (χ2v) is 11.9. The molecule has 2 aromatic carbocycles. The van der Waals surface area contributed by atoms with Gasteiger partial charge in [-0.05, 0) is 68.5 Å². The molecule has 8 nitrogen and oxygen atoms in total. The van der Waals surface area contributed by atoms with Crippen molar-refractivity contribution in [3.05, 3.63) is 70.5 Å². The molecule has 2 aliphatic heterocycles. The molecule has 10 heteroatoms. The fourth-order valence-corrected chi connectivity index (χ4v) is 7.65. The van der Waals surface area contributed by atoms with E-state index in [9.17, 15) is 28.7 Å². The van der Waals surface area contributed by atoms with Crippen molar-refractivity contribution in [1.82, 2.24) is 4.90 Å². The molecule has 0 aromatic heterocycles. The number of ether oxygens (including phenoxy) is 1. The molecule has 218 valence electrons. The van der Waals surface area contributed by atoms with E-state index in [4.69, 9.17) is 16.3 Å². The predicted octanol–water partition coefficient (Wildman–Crippen LogP) is 4.99. The molecule has 6 rings (SSSR count). The average Bonchev–Trinajstić information content (AvgIpc) is 3.33. The number of phenols is 1. The number of likely N-dealkylation sites (tertiary alicyclic amines) is 1. The number of carbonyl (C=O) groups is 4. The fraction of sp³-hybridized carbons (Fsp3) is 0.375. The van der Waals surface area contributed by atoms with Gasteiger partial charge in [-0.2, -0.15) is 0 Å². The Morgan fingerprint density at radius 3 is 2.55 bits per heavy atom. The summed E-state index contributed by atoms with van der Waals surface area (Å²) in [7, 11) is 1.45. The molecule has 0 unspecified atom stereocenters. The van der Waals surface area contributed by atoms with Gasteiger partial charge in [-0.3, -0.25) is 24.1 Å². The number of halogens is 2. The molecule has 2 aliphatic carbocycles. The summed E-state index contributed by atoms with van der Waals surface area (Å²) in [4.78, 5) is 57.3. The maximum Gasteiger partial charge on any atom is 0.241 e. The van der Waals surface area contributed by atoms with Crippen LogP contribution in [-0.4, -0.2) is 47.3 Å². The van der Waals surface area contributed by atoms with Crippen LogP contribution in [0.3, 0.4) is 0 Å². The molecule has 0 spiro atoms. The summed E-state index contributed by atoms with van der Waals surface area (Å²) in [5.74, 6) is -4.62. The predicted molar refractivity (Wildman–Crippen MR) is 153 cm³/mol. The van der Waals surface area contributed by atoms with Crippen molar-refractivity contribution in [2.75, 3.05) is 18.6 Å². The van der Waals surface area contributed by atoms with Crippen molar-refractivity contribution >= 4 is 47.0 Å². The maximum absolute atomic E-state index is 14.3. The van der Waals surface area contributed by atoms with Crippen molar-refractivity contribution in [3.8, 4) is 11.5 Å². The van der Waals surface area contributed by atoms with Crippen LogP contribution < -0.4 is 9.64 Å². The Morgan fingerprint density at radius 2 is 1.86 bits per heavy atom. The normalized spacial score (nSPS) is 30.5. The zero-order valence-electron chi connectivity index (χ0n) is 23.3. The minimum Gasteiger partial charge on any atom is -0.504 e. The van der Waals surface area contributed by atoms with E-state index in [1.807, 2.05) is 12.2 Å². The molecular weight excluding hydrogens is 563 g/mol. The van der Waals surface area contributed by atoms with Crippen LogP contribution in [0.15, 0.2) is 54.1 Å². The minimum absolute atomic E-state index is 0.0181. The van der Waals surface area contributed by atoms with Crippen molar-refractivity contribution < 1.29 is 33.4 Å². The highest BCUT2D eigenvalue weighted by Crippen LogP contribution is 2.61. The second kappa shape index (κ2) is 10.1. The van der Waals surface area contributed by atoms with Gasteiger partial charge in [0.2, 0.25) is 23.6 Å². The highest BCUT2D eigenvalue weighted by atomic mass is 35.5. The summed E-state index contributed by atoms with van der Waals surface area (Å²) < 4.78 is 19.2. The van der Waals surface area contributed by atoms with Crippen LogP contribution in [0.25, 0.3) is 6.08 Å². The van der Waals surface area contributed by atoms with Gasteiger partial charge < -0.3 is 9.84 Å². The Hall–Kier alpha value is -3.98. The van der Waals surface area contributed by atoms with E-state index in [2.05, 4.69) is 0 Å². The topological polar surface area (TPSA) is 104 Å². The summed E-state index contributed by atoms with van der Waals surface area (Å²) >= 11 is 6.03. The molecule has 1 N–H and O–H groups in total. The lowest BCUT2D eigenvalue weighted by atomic mass is 9.52. The summed E-state index contributed by atoms with van der Waals surface area (Å²) in [6.45, 7) is 3.80. The lowest BCUT2D eigenvalue weighted by Crippen LogP contribution is -2.49. The Bertz CT molecular complexity index is 1600. The number of aromatic hydroxyl groups is 1. The number of carbonyl (C=O) groups excluding carboxylic acids is 4. The van der Waals surface area contributed by atoms with Gasteiger partial charge >= 0.3 is 0 Å². The lowest BCUT2D eigenvalue weighted by Gasteiger charge is -2.47. The first-order chi connectivity index (χ1) is 20.0. The maximum atomic E-state index is 14.3. The lowest BCUT2D eigenvalue weighted by molar-refractivity contribution is -0.140. The van der Waals surface area contributed by atoms with E-state index >= 15 is 0 Å². The third-order valence-corrected chi connectivity index (χ3v) is 9.89. The number of hydrogen-bond donors (Lipinski definition) is 1. The number of amides is 4. The highest BCUT2D eigenvalue weighted by molar-refractivity contribution is 6.31. The first-order valence-electron chi connectivity index (χ1n) is 14.0. The molecule has 2 saturated heterocycles. The summed E-state index contributed by atoms with van der Waals surface area (Å²) in [5.41, 5.74) is 0.513. The van der Waals surface area contributed by atoms with Crippen LogP contribution in [0.4, 0.5) is 10.1 Å². The van der Waals surface area contributed by atoms with Crippen molar-refractivity contribution in [2.45, 2.75) is 26.7 Å². The first kappa shape index (κ1) is 28.2. The number of methoxy groups -OCH3 is 1. The van der Waals surface area contributed by atoms with E-state index in [0.29, 0.717) is 12.0 Å². The first-order valence-corrected chi connectivity index (χ1v) is 14.3. The summed E-state index contributed by atoms with van der Waals surface area (Å²) in [5, 5.41) is 9.83. The van der Waals surface area contributed by atoms with Gasteiger partial charge in [0, 0.05) is 12.5 Å². The molecule has 0 radical (unpaired) electrons. The average molecular weight is 593 g/mol. The molecule has 4 aliphatic rings. The molecule has 2 heterocycles. The van der Waals surface area contributed by atoms with Crippen LogP contribution >= 0.6 is 11.6 Å². The van der Waals surface area contributed by atoms with Gasteiger partial charge in [0.05, 0.1) is 41.0 Å². The standard InChI is InChI=1S/C32H30ClFN2O6/c1-4-35-28(38)19-9-8-18-20(27(19)30(35)40)15-22-29(39)36(17-7-11-24(34)23(33)14-17)31(41)32(22,2)21(18)10-5-16-6-12-25(37)26(13-16)42-3/h5-8,10-14,19-22,27,37H,4,9,15H2,1-3H3/t19-,20+,21-,22-,27-,32-/m0/s1. The number of fused-ring (bicyclic) bond motifs is 4. The molecule has 2 aromatic rings. The van der Waals surface area contributed by atoms with Crippen molar-refractivity contribution in [1.29, 1.82) is 0 Å². The third kappa shape index (κ3) is 3.93. The monoisotopic (exact) mass is 592 g/mol. The van der Waals surface area contributed by atoms with E-state index in [1.165, 1.54) is 30.2 Å². The Balaban J connectivity index is 1.48. The summed E-state index contributed by atoms with van der Waals surface area (Å²) in [6.07, 6.45) is 6.24. The summed E-state index contributed by atoms with van der Waals surface area (Å²) in [6, 6.07) is 8.60. The van der Waals surface area contributed by atoms with Gasteiger partial charge in [-0.15, -0.1) is 0 Å². The van der Waals surface area contributed by atoms with E-state index in [-0.39, 0.29) is 47.0 Å². The number of hydrogen-bond acceptors (Lipinski definition) is 6. The molecule has 6 atom stereocenters. The molecule has 0 bridgehead atoms. The second-order valence-electron chi connectivity index (χ2n) is 11.5. The minimum atomic E-state index is -1.22. The van der Waals surface area contributed by atoms with Crippen LogP contribution in [0.2, 0.25) is 5.02 Å². The number of anilines is 1. The molecule has 1 saturated carbocycles. The van der Waals surface area contributed by atoms with Crippen LogP contribution in [0.5, 0.6) is 11.5 Å². The molecular formula is C32H30ClFN2O6. The van der Waals surface area contributed by atoms with Crippen LogP contribution in [0, 0.1) is 40.8 Å². The van der Waals surface area contributed by atoms with Gasteiger partial charge in [0.1, 0.15) is 5.82 Å². The number of benzene rings is 2. The van der Waals surface area contributed by atoms with Gasteiger partial charge in [0.25, 0.3) is 0 Å². The van der Waals surface area contributed by atoms with Gasteiger partial charge in [-0.25, -0.2) is 9.29 Å². The van der Waals surface area contributed by atoms with Crippen LogP contribution in [-0.2, 0) is 19.2 Å². The Labute approximate surface area is 247 Å². The van der Waals surface area contributed by atoms with Gasteiger partial charge in [-0.1, -0.05) is 41.5 Å². The van der Waals surface area contributed by atoms with Crippen molar-refractivity contribution in [2.24, 2.45) is 35.0 Å². The highest BCUT2D eigenvalue weighted by Gasteiger charge is 2.66. The van der Waals surface area contributed by atoms with E-state index in [0.717, 1.165) is 16.5 Å². The number of nitrogens with zero attached hydrogens (tertiary/aromatic N) is 2. The largest absolute Gasteiger partial charge is 0.504 e. The molecule has 42 heavy (non-hydrogen) atoms. The Morgan fingerprint density at radius 1 is 1.10 bits per heavy atom. The van der Waals surface area contributed by atoms with Gasteiger partial charge in [0.15, 0.2) is 11.5 Å². The Kier molecular flexibility index (Phi) is 6.76. The number of rotatable bonds is 5. The molecule has 3 fully saturated rings. The zero-order chi connectivity index (χ0) is 30.1. The van der Waals surface area contributed by atoms with E-state index < -0.39 is 52.6 Å². The number of imide groups is 2. The zero-order valence-corrected chi connectivity index (χ0v) is 24.1. The van der Waals surface area contributed by atoms with Crippen LogP contribution in [0.1, 0.15) is 32.3 Å². The molecule has 4 amide bonds. The van der Waals surface area contributed by atoms with E-state index in [1.54, 1.807) is 32.1 Å². The fourth-order valence-electron chi connectivity index (χ4n) is 7.47. The smallest absolute Gasteiger partial charge is 0.241 e. The SMILES string of the molecule is CCN1C(=O)[C@H]2[C@H](CC=C3[C@H]2C[C@H]2C(=O)N(c4ccc(F)c(Cl)c4)C(=O)[C@@]2(C)[C@H]3C=Cc2ccc(O)c(OC)c2)C1=O. The number of allylic oxidation sites excluding steroid dienone is 3. The van der Waals surface area contributed by atoms with Crippen molar-refractivity contribution in [3.63, 3.8) is 0 Å². The number of phenolic OH excluding ortho intramolecular Hbond substituents is 1. The third-order valence-electron chi connectivity index (χ3n) is 9.60. The quantitative estimate of drug-likeness (QED) is 0.388.